The van der Waals surface area contributed by atoms with Crippen molar-refractivity contribution in [3.05, 3.63) is 54.5 Å². The first-order chi connectivity index (χ1) is 10.6. The maximum absolute atomic E-state index is 12.1. The van der Waals surface area contributed by atoms with E-state index in [0.29, 0.717) is 11.3 Å². The Morgan fingerprint density at radius 3 is 2.82 bits per heavy atom. The third-order valence-electron chi connectivity index (χ3n) is 3.55. The van der Waals surface area contributed by atoms with Gasteiger partial charge >= 0.3 is 5.97 Å². The second kappa shape index (κ2) is 5.44. The summed E-state index contributed by atoms with van der Waals surface area (Å²) in [5.41, 5.74) is 3.65. The zero-order valence-corrected chi connectivity index (χ0v) is 12.4. The first-order valence-corrected chi connectivity index (χ1v) is 6.76. The fraction of sp³-hybridized carbons (Fsp3) is 0.118. The van der Waals surface area contributed by atoms with E-state index < -0.39 is 0 Å². The number of carbonyl (C=O) groups is 1. The quantitative estimate of drug-likeness (QED) is 0.696. The largest absolute Gasteiger partial charge is 0.465 e. The molecule has 0 radical (unpaired) electrons. The van der Waals surface area contributed by atoms with Crippen LogP contribution < -0.4 is 0 Å². The van der Waals surface area contributed by atoms with E-state index in [2.05, 4.69) is 16.5 Å². The number of carbonyl (C=O) groups excluding carboxylic acids is 1. The topological polar surface area (TPSA) is 57.0 Å². The third-order valence-corrected chi connectivity index (χ3v) is 3.55. The van der Waals surface area contributed by atoms with Crippen molar-refractivity contribution in [2.75, 3.05) is 7.11 Å². The normalized spacial score (nSPS) is 10.6. The lowest BCUT2D eigenvalue weighted by Gasteiger charge is -2.09. The molecular formula is C17H15N3O2. The lowest BCUT2D eigenvalue weighted by Crippen LogP contribution is -2.04. The molecule has 2 heterocycles. The van der Waals surface area contributed by atoms with Gasteiger partial charge in [0, 0.05) is 12.4 Å². The van der Waals surface area contributed by atoms with Crippen LogP contribution in [0.3, 0.4) is 0 Å². The number of ether oxygens (including phenoxy) is 1. The molecule has 0 saturated heterocycles. The van der Waals surface area contributed by atoms with Crippen LogP contribution in [0.5, 0.6) is 0 Å². The predicted molar refractivity (Wildman–Crippen MR) is 85.4 cm³/mol. The van der Waals surface area contributed by atoms with E-state index in [9.17, 15) is 4.79 Å². The van der Waals surface area contributed by atoms with E-state index in [-0.39, 0.29) is 5.97 Å². The molecule has 0 amide bonds. The minimum Gasteiger partial charge on any atom is -0.465 e. The van der Waals surface area contributed by atoms with E-state index in [1.165, 1.54) is 7.11 Å². The molecular weight excluding hydrogens is 278 g/mol. The summed E-state index contributed by atoms with van der Waals surface area (Å²) in [6.45, 7) is 3.76. The van der Waals surface area contributed by atoms with Gasteiger partial charge in [-0.1, -0.05) is 24.8 Å². The predicted octanol–water partition coefficient (Wildman–Crippen LogP) is 3.06. The highest BCUT2D eigenvalue weighted by atomic mass is 16.5. The summed E-state index contributed by atoms with van der Waals surface area (Å²) in [5.74, 6) is -0.387. The summed E-state index contributed by atoms with van der Waals surface area (Å²) in [6, 6.07) is 7.39. The van der Waals surface area contributed by atoms with Gasteiger partial charge in [0.25, 0.3) is 0 Å². The Balaban J connectivity index is 2.33. The molecule has 0 fully saturated rings. The molecule has 1 aromatic carbocycles. The molecule has 2 aromatic heterocycles. The minimum absolute atomic E-state index is 0.387. The smallest absolute Gasteiger partial charge is 0.338 e. The molecule has 0 aliphatic rings. The molecule has 0 atom stereocenters. The summed E-state index contributed by atoms with van der Waals surface area (Å²) in [7, 11) is 3.25. The van der Waals surface area contributed by atoms with Crippen molar-refractivity contribution in [2.24, 2.45) is 7.05 Å². The van der Waals surface area contributed by atoms with E-state index in [1.807, 2.05) is 29.8 Å². The second-order valence-corrected chi connectivity index (χ2v) is 4.92. The molecule has 5 nitrogen and oxygen atoms in total. The maximum atomic E-state index is 12.1. The zero-order chi connectivity index (χ0) is 15.7. The van der Waals surface area contributed by atoms with E-state index in [0.717, 1.165) is 22.2 Å². The monoisotopic (exact) mass is 293 g/mol. The molecule has 0 unspecified atom stereocenters. The summed E-state index contributed by atoms with van der Waals surface area (Å²) in [5, 5.41) is 0.753. The van der Waals surface area contributed by atoms with Crippen LogP contribution in [0, 0.1) is 0 Å². The van der Waals surface area contributed by atoms with Crippen LogP contribution >= 0.6 is 0 Å². The molecule has 0 aliphatic carbocycles. The van der Waals surface area contributed by atoms with Gasteiger partial charge in [0.15, 0.2) is 0 Å². The number of aromatic nitrogens is 3. The van der Waals surface area contributed by atoms with Crippen LogP contribution in [-0.4, -0.2) is 27.6 Å². The van der Waals surface area contributed by atoms with Gasteiger partial charge in [-0.2, -0.15) is 0 Å². The Bertz CT molecular complexity index is 881. The Hall–Kier alpha value is -2.95. The highest BCUT2D eigenvalue weighted by Gasteiger charge is 2.15. The summed E-state index contributed by atoms with van der Waals surface area (Å²) >= 11 is 0. The minimum atomic E-state index is -0.387. The number of benzene rings is 1. The van der Waals surface area contributed by atoms with Crippen molar-refractivity contribution >= 4 is 22.9 Å². The van der Waals surface area contributed by atoms with Crippen LogP contribution in [0.4, 0.5) is 0 Å². The van der Waals surface area contributed by atoms with Crippen molar-refractivity contribution in [1.82, 2.24) is 14.5 Å². The Kier molecular flexibility index (Phi) is 3.47. The van der Waals surface area contributed by atoms with Gasteiger partial charge in [0.05, 0.1) is 42.1 Å². The van der Waals surface area contributed by atoms with Crippen LogP contribution in [0.25, 0.3) is 28.4 Å². The van der Waals surface area contributed by atoms with Crippen LogP contribution in [0.2, 0.25) is 0 Å². The van der Waals surface area contributed by atoms with E-state index in [1.54, 1.807) is 24.7 Å². The Morgan fingerprint density at radius 2 is 2.18 bits per heavy atom. The lowest BCUT2D eigenvalue weighted by molar-refractivity contribution is 0.0603. The molecule has 3 aromatic rings. The second-order valence-electron chi connectivity index (χ2n) is 4.92. The summed E-state index contributed by atoms with van der Waals surface area (Å²) < 4.78 is 6.75. The van der Waals surface area contributed by atoms with Gasteiger partial charge < -0.3 is 9.30 Å². The van der Waals surface area contributed by atoms with Crippen LogP contribution in [-0.2, 0) is 11.8 Å². The highest BCUT2D eigenvalue weighted by Crippen LogP contribution is 2.26. The van der Waals surface area contributed by atoms with Gasteiger partial charge in [-0.25, -0.2) is 14.8 Å². The summed E-state index contributed by atoms with van der Waals surface area (Å²) in [6.07, 6.45) is 5.15. The first kappa shape index (κ1) is 14.0. The van der Waals surface area contributed by atoms with Crippen LogP contribution in [0.15, 0.2) is 43.4 Å². The highest BCUT2D eigenvalue weighted by molar-refractivity contribution is 6.04. The average molecular weight is 293 g/mol. The average Bonchev–Trinajstić information content (AvgIpc) is 2.98. The standard InChI is InChI=1S/C17H15N3O2/c1-4-11-5-6-12-13(17(21)22-3)8-15(19-14(12)7-11)16-9-18-10-20(16)2/h4-10H,1H2,2-3H3. The third kappa shape index (κ3) is 2.26. The molecule has 5 heteroatoms. The molecule has 22 heavy (non-hydrogen) atoms. The number of pyridine rings is 1. The SMILES string of the molecule is C=Cc1ccc2c(C(=O)OC)cc(-c3cncn3C)nc2c1. The van der Waals surface area contributed by atoms with Gasteiger partial charge in [-0.05, 0) is 17.7 Å². The fourth-order valence-electron chi connectivity index (χ4n) is 2.39. The Morgan fingerprint density at radius 1 is 1.36 bits per heavy atom. The van der Waals surface area contributed by atoms with Crippen molar-refractivity contribution in [1.29, 1.82) is 0 Å². The van der Waals surface area contributed by atoms with E-state index in [4.69, 9.17) is 4.74 Å². The van der Waals surface area contributed by atoms with Gasteiger partial charge in [-0.3, -0.25) is 0 Å². The number of methoxy groups -OCH3 is 1. The van der Waals surface area contributed by atoms with Gasteiger partial charge in [-0.15, -0.1) is 0 Å². The Labute approximate surface area is 127 Å². The van der Waals surface area contributed by atoms with Gasteiger partial charge in [0.2, 0.25) is 0 Å². The maximum Gasteiger partial charge on any atom is 0.338 e. The number of nitrogens with zero attached hydrogens (tertiary/aromatic N) is 3. The van der Waals surface area contributed by atoms with Gasteiger partial charge in [0.1, 0.15) is 0 Å². The number of fused-ring (bicyclic) bond motifs is 1. The fourth-order valence-corrected chi connectivity index (χ4v) is 2.39. The van der Waals surface area contributed by atoms with Crippen molar-refractivity contribution in [3.8, 4) is 11.4 Å². The number of hydrogen-bond donors (Lipinski definition) is 0. The molecule has 3 rings (SSSR count). The summed E-state index contributed by atoms with van der Waals surface area (Å²) in [4.78, 5) is 20.8. The number of aryl methyl sites for hydroxylation is 1. The van der Waals surface area contributed by atoms with Crippen LogP contribution in [0.1, 0.15) is 15.9 Å². The molecule has 0 bridgehead atoms. The number of imidazole rings is 1. The molecule has 0 N–H and O–H groups in total. The van der Waals surface area contributed by atoms with Crippen molar-refractivity contribution in [3.63, 3.8) is 0 Å². The zero-order valence-electron chi connectivity index (χ0n) is 12.4. The number of hydrogen-bond acceptors (Lipinski definition) is 4. The van der Waals surface area contributed by atoms with E-state index >= 15 is 0 Å². The van der Waals surface area contributed by atoms with Crippen molar-refractivity contribution in [2.45, 2.75) is 0 Å². The molecule has 0 aliphatic heterocycles. The lowest BCUT2D eigenvalue weighted by atomic mass is 10.0. The molecule has 110 valence electrons. The number of esters is 1. The van der Waals surface area contributed by atoms with Crippen molar-refractivity contribution < 1.29 is 9.53 Å². The first-order valence-electron chi connectivity index (χ1n) is 6.76. The molecule has 0 spiro atoms. The molecule has 0 saturated carbocycles. The number of rotatable bonds is 3.